The number of hydrogen-bond acceptors (Lipinski definition) is 5. The summed E-state index contributed by atoms with van der Waals surface area (Å²) in [5.74, 6) is 0.525. The lowest BCUT2D eigenvalue weighted by Crippen LogP contribution is -2.55. The monoisotopic (exact) mass is 409 g/mol. The number of amides is 2. The molecule has 2 amide bonds. The van der Waals surface area contributed by atoms with E-state index in [1.807, 2.05) is 23.1 Å². The molecule has 3 aliphatic heterocycles. The quantitative estimate of drug-likeness (QED) is 0.753. The Labute approximate surface area is 171 Å². The molecule has 2 N–H and O–H groups in total. The fourth-order valence-corrected chi connectivity index (χ4v) is 4.15. The van der Waals surface area contributed by atoms with Crippen LogP contribution < -0.4 is 20.1 Å². The van der Waals surface area contributed by atoms with Crippen LogP contribution in [0.1, 0.15) is 26.7 Å². The zero-order chi connectivity index (χ0) is 19.2. The number of carbonyl (C=O) groups excluding carboxylic acids is 2. The van der Waals surface area contributed by atoms with Gasteiger partial charge in [-0.3, -0.25) is 9.59 Å². The van der Waals surface area contributed by atoms with Crippen LogP contribution in [0.2, 0.25) is 0 Å². The topological polar surface area (TPSA) is 85.1 Å². The number of carbonyl (C=O) groups is 2. The predicted octanol–water partition coefficient (Wildman–Crippen LogP) is 1.82. The first-order valence-corrected chi connectivity index (χ1v) is 9.62. The standard InChI is InChI=1S/C20H27N3O4.ClH/c1-20(2)12-22(7-6-17(20)21)18(24)14-5-8-23(19(14)25)13-3-4-15-16(11-13)27-10-9-26-15;/h3-4,11,14,17H,5-10,12,21H2,1-2H3;1H. The average Bonchev–Trinajstić information content (AvgIpc) is 3.04. The maximum absolute atomic E-state index is 13.0. The number of halogens is 1. The van der Waals surface area contributed by atoms with E-state index in [0.29, 0.717) is 50.8 Å². The highest BCUT2D eigenvalue weighted by atomic mass is 35.5. The lowest BCUT2D eigenvalue weighted by molar-refractivity contribution is -0.142. The maximum Gasteiger partial charge on any atom is 0.239 e. The van der Waals surface area contributed by atoms with E-state index in [2.05, 4.69) is 13.8 Å². The fraction of sp³-hybridized carbons (Fsp3) is 0.600. The second-order valence-corrected chi connectivity index (χ2v) is 8.30. The number of rotatable bonds is 2. The average molecular weight is 410 g/mol. The Hall–Kier alpha value is -1.99. The number of benzene rings is 1. The van der Waals surface area contributed by atoms with Gasteiger partial charge in [-0.1, -0.05) is 13.8 Å². The number of nitrogens with two attached hydrogens (primary N) is 1. The van der Waals surface area contributed by atoms with Gasteiger partial charge in [0.15, 0.2) is 11.5 Å². The van der Waals surface area contributed by atoms with E-state index in [4.69, 9.17) is 15.2 Å². The second kappa shape index (κ2) is 7.79. The summed E-state index contributed by atoms with van der Waals surface area (Å²) in [6.07, 6.45) is 1.31. The summed E-state index contributed by atoms with van der Waals surface area (Å²) < 4.78 is 11.1. The van der Waals surface area contributed by atoms with Gasteiger partial charge in [0.25, 0.3) is 0 Å². The van der Waals surface area contributed by atoms with Gasteiger partial charge < -0.3 is 25.0 Å². The van der Waals surface area contributed by atoms with Gasteiger partial charge in [-0.2, -0.15) is 0 Å². The lowest BCUT2D eigenvalue weighted by Gasteiger charge is -2.43. The van der Waals surface area contributed by atoms with E-state index >= 15 is 0 Å². The Morgan fingerprint density at radius 1 is 1.14 bits per heavy atom. The summed E-state index contributed by atoms with van der Waals surface area (Å²) in [5, 5.41) is 0. The largest absolute Gasteiger partial charge is 0.486 e. The summed E-state index contributed by atoms with van der Waals surface area (Å²) >= 11 is 0. The second-order valence-electron chi connectivity index (χ2n) is 8.30. The Balaban J connectivity index is 0.00000225. The molecule has 0 radical (unpaired) electrons. The first-order valence-electron chi connectivity index (χ1n) is 9.62. The van der Waals surface area contributed by atoms with Gasteiger partial charge in [-0.25, -0.2) is 0 Å². The maximum atomic E-state index is 13.0. The van der Waals surface area contributed by atoms with Crippen LogP contribution in [0.5, 0.6) is 11.5 Å². The molecule has 2 atom stereocenters. The van der Waals surface area contributed by atoms with Gasteiger partial charge in [0.2, 0.25) is 11.8 Å². The van der Waals surface area contributed by atoms with Crippen molar-refractivity contribution in [2.24, 2.45) is 17.1 Å². The summed E-state index contributed by atoms with van der Waals surface area (Å²) in [6, 6.07) is 5.57. The van der Waals surface area contributed by atoms with Crippen LogP contribution in [0.4, 0.5) is 5.69 Å². The third kappa shape index (κ3) is 3.65. The normalized spacial score (nSPS) is 26.0. The summed E-state index contributed by atoms with van der Waals surface area (Å²) in [4.78, 5) is 29.5. The molecule has 7 nitrogen and oxygen atoms in total. The highest BCUT2D eigenvalue weighted by molar-refractivity contribution is 6.09. The summed E-state index contributed by atoms with van der Waals surface area (Å²) in [7, 11) is 0. The van der Waals surface area contributed by atoms with Crippen LogP contribution in [0.15, 0.2) is 18.2 Å². The van der Waals surface area contributed by atoms with Crippen molar-refractivity contribution in [2.75, 3.05) is 37.7 Å². The van der Waals surface area contributed by atoms with Crippen molar-refractivity contribution in [1.82, 2.24) is 4.90 Å². The van der Waals surface area contributed by atoms with Crippen LogP contribution in [0.3, 0.4) is 0 Å². The molecule has 0 spiro atoms. The predicted molar refractivity (Wildman–Crippen MR) is 108 cm³/mol. The Kier molecular flexibility index (Phi) is 5.77. The van der Waals surface area contributed by atoms with Gasteiger partial charge in [-0.05, 0) is 30.4 Å². The molecule has 28 heavy (non-hydrogen) atoms. The van der Waals surface area contributed by atoms with Gasteiger partial charge in [0.05, 0.1) is 0 Å². The van der Waals surface area contributed by atoms with Crippen LogP contribution in [-0.4, -0.2) is 55.6 Å². The lowest BCUT2D eigenvalue weighted by atomic mass is 9.79. The minimum absolute atomic E-state index is 0. The van der Waals surface area contributed by atoms with Gasteiger partial charge in [0.1, 0.15) is 19.1 Å². The van der Waals surface area contributed by atoms with Crippen LogP contribution >= 0.6 is 12.4 Å². The molecule has 0 bridgehead atoms. The molecule has 2 saturated heterocycles. The van der Waals surface area contributed by atoms with E-state index in [0.717, 1.165) is 12.1 Å². The molecule has 3 heterocycles. The molecule has 154 valence electrons. The van der Waals surface area contributed by atoms with Crippen LogP contribution in [0.25, 0.3) is 0 Å². The van der Waals surface area contributed by atoms with Gasteiger partial charge in [0, 0.05) is 37.4 Å². The zero-order valence-electron chi connectivity index (χ0n) is 16.3. The van der Waals surface area contributed by atoms with Crippen LogP contribution in [0, 0.1) is 11.3 Å². The number of anilines is 1. The van der Waals surface area contributed by atoms with E-state index in [1.54, 1.807) is 4.90 Å². The number of ether oxygens (including phenoxy) is 2. The van der Waals surface area contributed by atoms with Crippen molar-refractivity contribution < 1.29 is 19.1 Å². The molecule has 8 heteroatoms. The van der Waals surface area contributed by atoms with Crippen molar-refractivity contribution in [2.45, 2.75) is 32.7 Å². The molecule has 2 fully saturated rings. The summed E-state index contributed by atoms with van der Waals surface area (Å²) in [6.45, 7) is 6.94. The van der Waals surface area contributed by atoms with Crippen LogP contribution in [-0.2, 0) is 9.59 Å². The highest BCUT2D eigenvalue weighted by Crippen LogP contribution is 2.37. The SMILES string of the molecule is CC1(C)CN(C(=O)C2CCN(c3ccc4c(c3)OCCO4)C2=O)CCC1N.Cl. The first-order chi connectivity index (χ1) is 12.9. The molecular weight excluding hydrogens is 382 g/mol. The number of likely N-dealkylation sites (tertiary alicyclic amines) is 1. The fourth-order valence-electron chi connectivity index (χ4n) is 4.15. The summed E-state index contributed by atoms with van der Waals surface area (Å²) in [5.41, 5.74) is 6.79. The van der Waals surface area contributed by atoms with Gasteiger partial charge in [-0.15, -0.1) is 12.4 Å². The van der Waals surface area contributed by atoms with Gasteiger partial charge >= 0.3 is 0 Å². The molecule has 1 aromatic carbocycles. The highest BCUT2D eigenvalue weighted by Gasteiger charge is 2.43. The van der Waals surface area contributed by atoms with E-state index < -0.39 is 5.92 Å². The molecule has 0 aliphatic carbocycles. The van der Waals surface area contributed by atoms with Crippen molar-refractivity contribution >= 4 is 29.9 Å². The molecule has 3 aliphatic rings. The number of fused-ring (bicyclic) bond motifs is 1. The first kappa shape index (κ1) is 20.7. The van der Waals surface area contributed by atoms with E-state index in [-0.39, 0.29) is 35.7 Å². The molecule has 4 rings (SSSR count). The van der Waals surface area contributed by atoms with E-state index in [9.17, 15) is 9.59 Å². The van der Waals surface area contributed by atoms with Crippen molar-refractivity contribution in [3.8, 4) is 11.5 Å². The smallest absolute Gasteiger partial charge is 0.239 e. The molecule has 2 unspecified atom stereocenters. The Morgan fingerprint density at radius 3 is 2.57 bits per heavy atom. The molecule has 0 saturated carbocycles. The van der Waals surface area contributed by atoms with Crippen molar-refractivity contribution in [3.63, 3.8) is 0 Å². The minimum atomic E-state index is -0.608. The Morgan fingerprint density at radius 2 is 1.86 bits per heavy atom. The number of piperidine rings is 1. The van der Waals surface area contributed by atoms with E-state index in [1.165, 1.54) is 0 Å². The van der Waals surface area contributed by atoms with Crippen molar-refractivity contribution in [3.05, 3.63) is 18.2 Å². The minimum Gasteiger partial charge on any atom is -0.486 e. The third-order valence-corrected chi connectivity index (χ3v) is 5.96. The Bertz CT molecular complexity index is 770. The molecule has 0 aromatic heterocycles. The number of nitrogens with zero attached hydrogens (tertiary/aromatic N) is 2. The zero-order valence-corrected chi connectivity index (χ0v) is 17.2. The molecular formula is C20H28ClN3O4. The van der Waals surface area contributed by atoms with Crippen molar-refractivity contribution in [1.29, 1.82) is 0 Å². The number of hydrogen-bond donors (Lipinski definition) is 1. The molecule has 1 aromatic rings. The third-order valence-electron chi connectivity index (χ3n) is 5.96.